The molecule has 1 aromatic heterocycles. The van der Waals surface area contributed by atoms with Gasteiger partial charge in [0.2, 0.25) is 5.91 Å². The first kappa shape index (κ1) is 19.9. The van der Waals surface area contributed by atoms with Gasteiger partial charge >= 0.3 is 5.69 Å². The molecule has 0 aliphatic rings. The fourth-order valence-corrected chi connectivity index (χ4v) is 3.51. The zero-order valence-corrected chi connectivity index (χ0v) is 16.6. The van der Waals surface area contributed by atoms with Crippen molar-refractivity contribution < 1.29 is 4.79 Å². The van der Waals surface area contributed by atoms with Gasteiger partial charge in [0, 0.05) is 18.1 Å². The Balaban J connectivity index is 2.16. The zero-order valence-electron chi connectivity index (χ0n) is 15.9. The summed E-state index contributed by atoms with van der Waals surface area (Å²) < 4.78 is 2.53. The highest BCUT2D eigenvalue weighted by molar-refractivity contribution is 6.30. The fourth-order valence-electron chi connectivity index (χ4n) is 3.29. The summed E-state index contributed by atoms with van der Waals surface area (Å²) in [6.45, 7) is 4.87. The van der Waals surface area contributed by atoms with Gasteiger partial charge < -0.3 is 4.90 Å². The quantitative estimate of drug-likeness (QED) is 0.640. The minimum atomic E-state index is -0.510. The number of hydrogen-bond donors (Lipinski definition) is 0. The molecule has 28 heavy (non-hydrogen) atoms. The lowest BCUT2D eigenvalue weighted by Crippen LogP contribution is -2.43. The third kappa shape index (κ3) is 3.87. The monoisotopic (exact) mass is 399 g/mol. The highest BCUT2D eigenvalue weighted by atomic mass is 35.5. The molecule has 3 aromatic rings. The van der Waals surface area contributed by atoms with Crippen LogP contribution in [0.5, 0.6) is 0 Å². The van der Waals surface area contributed by atoms with Crippen LogP contribution in [0.4, 0.5) is 0 Å². The Kier molecular flexibility index (Phi) is 5.99. The Morgan fingerprint density at radius 3 is 2.39 bits per heavy atom. The molecule has 1 heterocycles. The van der Waals surface area contributed by atoms with Crippen LogP contribution >= 0.6 is 11.6 Å². The van der Waals surface area contributed by atoms with E-state index in [0.29, 0.717) is 29.0 Å². The van der Waals surface area contributed by atoms with E-state index in [1.54, 1.807) is 53.4 Å². The molecule has 0 radical (unpaired) electrons. The van der Waals surface area contributed by atoms with Gasteiger partial charge in [-0.15, -0.1) is 0 Å². The lowest BCUT2D eigenvalue weighted by atomic mass is 10.2. The van der Waals surface area contributed by atoms with E-state index < -0.39 is 5.69 Å². The van der Waals surface area contributed by atoms with E-state index in [9.17, 15) is 14.4 Å². The molecule has 0 saturated carbocycles. The van der Waals surface area contributed by atoms with Gasteiger partial charge in [-0.2, -0.15) is 0 Å². The Hall–Kier alpha value is -2.86. The Bertz CT molecular complexity index is 1130. The van der Waals surface area contributed by atoms with E-state index in [4.69, 9.17) is 11.6 Å². The summed E-state index contributed by atoms with van der Waals surface area (Å²) in [6, 6.07) is 13.9. The predicted octanol–water partition coefficient (Wildman–Crippen LogP) is 2.73. The number of rotatable bonds is 6. The van der Waals surface area contributed by atoms with Gasteiger partial charge in [-0.25, -0.2) is 4.79 Å². The second-order valence-corrected chi connectivity index (χ2v) is 6.91. The molecule has 0 spiro atoms. The molecular weight excluding hydrogens is 378 g/mol. The first-order valence-electron chi connectivity index (χ1n) is 9.20. The molecule has 0 unspecified atom stereocenters. The van der Waals surface area contributed by atoms with Crippen LogP contribution in [0.2, 0.25) is 5.02 Å². The van der Waals surface area contributed by atoms with Crippen LogP contribution in [0.1, 0.15) is 19.4 Å². The van der Waals surface area contributed by atoms with E-state index in [-0.39, 0.29) is 24.6 Å². The number of carbonyl (C=O) groups excluding carboxylic acids is 1. The third-order valence-electron chi connectivity index (χ3n) is 4.77. The molecule has 146 valence electrons. The molecule has 1 amide bonds. The molecule has 0 bridgehead atoms. The van der Waals surface area contributed by atoms with Gasteiger partial charge in [0.15, 0.2) is 0 Å². The van der Waals surface area contributed by atoms with Crippen LogP contribution in [0.25, 0.3) is 10.9 Å². The molecule has 0 fully saturated rings. The predicted molar refractivity (Wildman–Crippen MR) is 111 cm³/mol. The van der Waals surface area contributed by atoms with Crippen molar-refractivity contribution in [3.05, 3.63) is 80.0 Å². The van der Waals surface area contributed by atoms with Gasteiger partial charge in [-0.1, -0.05) is 35.9 Å². The Morgan fingerprint density at radius 2 is 1.71 bits per heavy atom. The first-order valence-corrected chi connectivity index (χ1v) is 9.58. The van der Waals surface area contributed by atoms with Crippen molar-refractivity contribution >= 4 is 28.4 Å². The van der Waals surface area contributed by atoms with Crippen LogP contribution in [-0.4, -0.2) is 33.0 Å². The van der Waals surface area contributed by atoms with E-state index in [0.717, 1.165) is 10.1 Å². The minimum Gasteiger partial charge on any atom is -0.342 e. The molecule has 0 atom stereocenters. The van der Waals surface area contributed by atoms with Crippen molar-refractivity contribution in [3.8, 4) is 0 Å². The van der Waals surface area contributed by atoms with Gasteiger partial charge in [0.05, 0.1) is 17.4 Å². The molecule has 6 nitrogen and oxygen atoms in total. The highest BCUT2D eigenvalue weighted by Gasteiger charge is 2.17. The number of fused-ring (bicyclic) bond motifs is 1. The van der Waals surface area contributed by atoms with Crippen LogP contribution < -0.4 is 11.2 Å². The van der Waals surface area contributed by atoms with Crippen LogP contribution in [0, 0.1) is 0 Å². The van der Waals surface area contributed by atoms with Crippen molar-refractivity contribution in [2.45, 2.75) is 26.9 Å². The van der Waals surface area contributed by atoms with E-state index in [1.807, 2.05) is 13.8 Å². The van der Waals surface area contributed by atoms with Crippen LogP contribution in [0.15, 0.2) is 58.1 Å². The van der Waals surface area contributed by atoms with Gasteiger partial charge in [-0.05, 0) is 43.7 Å². The van der Waals surface area contributed by atoms with E-state index in [2.05, 4.69) is 0 Å². The number of halogens is 1. The normalized spacial score (nSPS) is 11.0. The molecule has 0 saturated heterocycles. The number of para-hydroxylation sites is 1. The summed E-state index contributed by atoms with van der Waals surface area (Å²) in [5, 5.41) is 0.930. The second-order valence-electron chi connectivity index (χ2n) is 6.47. The SMILES string of the molecule is CCN(CC)C(=O)Cn1c(=O)n(Cc2cccc(Cl)c2)c(=O)c2ccccc21. The van der Waals surface area contributed by atoms with Crippen molar-refractivity contribution in [3.63, 3.8) is 0 Å². The Labute approximate surface area is 167 Å². The largest absolute Gasteiger partial charge is 0.342 e. The van der Waals surface area contributed by atoms with Crippen molar-refractivity contribution in [1.82, 2.24) is 14.0 Å². The highest BCUT2D eigenvalue weighted by Crippen LogP contribution is 2.12. The zero-order chi connectivity index (χ0) is 20.3. The maximum absolute atomic E-state index is 13.1. The molecule has 7 heteroatoms. The summed E-state index contributed by atoms with van der Waals surface area (Å²) >= 11 is 6.03. The average molecular weight is 400 g/mol. The summed E-state index contributed by atoms with van der Waals surface area (Å²) in [4.78, 5) is 40.4. The van der Waals surface area contributed by atoms with E-state index in [1.165, 1.54) is 4.57 Å². The number of aromatic nitrogens is 2. The molecule has 0 N–H and O–H groups in total. The van der Waals surface area contributed by atoms with Gasteiger partial charge in [-0.3, -0.25) is 18.7 Å². The fraction of sp³-hybridized carbons (Fsp3) is 0.286. The van der Waals surface area contributed by atoms with Gasteiger partial charge in [0.1, 0.15) is 6.54 Å². The first-order chi connectivity index (χ1) is 13.5. The Morgan fingerprint density at radius 1 is 1.00 bits per heavy atom. The standard InChI is InChI=1S/C21H22ClN3O3/c1-3-23(4-2)19(26)14-24-18-11-6-5-10-17(18)20(27)25(21(24)28)13-15-8-7-9-16(22)12-15/h5-12H,3-4,13-14H2,1-2H3. The molecule has 3 rings (SSSR count). The lowest BCUT2D eigenvalue weighted by molar-refractivity contribution is -0.131. The number of hydrogen-bond acceptors (Lipinski definition) is 3. The van der Waals surface area contributed by atoms with Crippen LogP contribution in [-0.2, 0) is 17.9 Å². The number of amides is 1. The van der Waals surface area contributed by atoms with E-state index >= 15 is 0 Å². The molecule has 2 aromatic carbocycles. The second kappa shape index (κ2) is 8.44. The smallest absolute Gasteiger partial charge is 0.332 e. The summed E-state index contributed by atoms with van der Waals surface area (Å²) in [6.07, 6.45) is 0. The molecule has 0 aliphatic heterocycles. The van der Waals surface area contributed by atoms with Crippen molar-refractivity contribution in [1.29, 1.82) is 0 Å². The van der Waals surface area contributed by atoms with Crippen molar-refractivity contribution in [2.24, 2.45) is 0 Å². The summed E-state index contributed by atoms with van der Waals surface area (Å²) in [7, 11) is 0. The summed E-state index contributed by atoms with van der Waals surface area (Å²) in [5.41, 5.74) is 0.306. The topological polar surface area (TPSA) is 64.3 Å². The number of benzene rings is 2. The van der Waals surface area contributed by atoms with Crippen LogP contribution in [0.3, 0.4) is 0 Å². The number of carbonyl (C=O) groups is 1. The number of likely N-dealkylation sites (N-methyl/N-ethyl adjacent to an activating group) is 1. The average Bonchev–Trinajstić information content (AvgIpc) is 2.69. The maximum atomic E-state index is 13.1. The van der Waals surface area contributed by atoms with Gasteiger partial charge in [0.25, 0.3) is 5.56 Å². The maximum Gasteiger partial charge on any atom is 0.332 e. The minimum absolute atomic E-state index is 0.0858. The number of nitrogens with zero attached hydrogens (tertiary/aromatic N) is 3. The summed E-state index contributed by atoms with van der Waals surface area (Å²) in [5.74, 6) is -0.162. The molecule has 0 aliphatic carbocycles. The third-order valence-corrected chi connectivity index (χ3v) is 5.01. The molecular formula is C21H22ClN3O3. The van der Waals surface area contributed by atoms with Crippen molar-refractivity contribution in [2.75, 3.05) is 13.1 Å². The lowest BCUT2D eigenvalue weighted by Gasteiger charge is -2.20.